The molecule has 17 heavy (non-hydrogen) atoms. The molecule has 0 fully saturated rings. The van der Waals surface area contributed by atoms with Crippen molar-refractivity contribution in [3.63, 3.8) is 0 Å². The smallest absolute Gasteiger partial charge is 0.310 e. The number of aromatic nitrogens is 1. The topological polar surface area (TPSA) is 42.1 Å². The Morgan fingerprint density at radius 3 is 2.94 bits per heavy atom. The molecule has 4 heteroatoms. The van der Waals surface area contributed by atoms with Gasteiger partial charge >= 0.3 is 5.97 Å². The van der Waals surface area contributed by atoms with Crippen LogP contribution in [0.5, 0.6) is 0 Å². The van der Waals surface area contributed by atoms with E-state index in [1.54, 1.807) is 13.0 Å². The lowest BCUT2D eigenvalue weighted by Gasteiger charge is -2.02. The van der Waals surface area contributed by atoms with Crippen molar-refractivity contribution in [1.82, 2.24) is 4.98 Å². The van der Waals surface area contributed by atoms with Gasteiger partial charge in [-0.2, -0.15) is 0 Å². The average molecular weight is 235 g/mol. The van der Waals surface area contributed by atoms with Crippen LogP contribution in [0.1, 0.15) is 18.2 Å². The molecule has 0 aliphatic carbocycles. The fourth-order valence-electron chi connectivity index (χ4n) is 1.94. The Bertz CT molecular complexity index is 560. The maximum Gasteiger partial charge on any atom is 0.310 e. The zero-order valence-corrected chi connectivity index (χ0v) is 9.84. The van der Waals surface area contributed by atoms with Crippen LogP contribution < -0.4 is 0 Å². The van der Waals surface area contributed by atoms with Crippen LogP contribution >= 0.6 is 0 Å². The van der Waals surface area contributed by atoms with Crippen molar-refractivity contribution in [3.8, 4) is 0 Å². The van der Waals surface area contributed by atoms with Crippen LogP contribution in [-0.2, 0) is 16.0 Å². The number of benzene rings is 1. The van der Waals surface area contributed by atoms with E-state index in [9.17, 15) is 9.18 Å². The molecule has 0 saturated heterocycles. The summed E-state index contributed by atoms with van der Waals surface area (Å²) in [5.41, 5.74) is 2.51. The largest absolute Gasteiger partial charge is 0.466 e. The van der Waals surface area contributed by atoms with Gasteiger partial charge in [-0.05, 0) is 37.6 Å². The monoisotopic (exact) mass is 235 g/mol. The number of rotatable bonds is 3. The second kappa shape index (κ2) is 4.57. The normalized spacial score (nSPS) is 10.8. The van der Waals surface area contributed by atoms with E-state index in [0.29, 0.717) is 6.61 Å². The summed E-state index contributed by atoms with van der Waals surface area (Å²) >= 11 is 0. The third-order valence-corrected chi connectivity index (χ3v) is 2.71. The molecule has 0 saturated carbocycles. The highest BCUT2D eigenvalue weighted by Gasteiger charge is 2.13. The van der Waals surface area contributed by atoms with Crippen molar-refractivity contribution in [1.29, 1.82) is 0 Å². The summed E-state index contributed by atoms with van der Waals surface area (Å²) in [7, 11) is 0. The summed E-state index contributed by atoms with van der Waals surface area (Å²) in [4.78, 5) is 14.6. The molecule has 2 rings (SSSR count). The van der Waals surface area contributed by atoms with Crippen molar-refractivity contribution >= 4 is 16.9 Å². The van der Waals surface area contributed by atoms with Gasteiger partial charge in [0.05, 0.1) is 13.0 Å². The minimum Gasteiger partial charge on any atom is -0.466 e. The highest BCUT2D eigenvalue weighted by atomic mass is 19.1. The predicted molar refractivity (Wildman–Crippen MR) is 63.3 cm³/mol. The van der Waals surface area contributed by atoms with Crippen LogP contribution in [0.3, 0.4) is 0 Å². The fourth-order valence-corrected chi connectivity index (χ4v) is 1.94. The van der Waals surface area contributed by atoms with Crippen LogP contribution in [0.15, 0.2) is 18.2 Å². The second-order valence-electron chi connectivity index (χ2n) is 3.90. The second-order valence-corrected chi connectivity index (χ2v) is 3.90. The molecule has 0 radical (unpaired) electrons. The van der Waals surface area contributed by atoms with Crippen molar-refractivity contribution in [2.24, 2.45) is 0 Å². The van der Waals surface area contributed by atoms with Crippen LogP contribution in [0.2, 0.25) is 0 Å². The van der Waals surface area contributed by atoms with Crippen LogP contribution in [0.4, 0.5) is 4.39 Å². The van der Waals surface area contributed by atoms with E-state index in [4.69, 9.17) is 4.74 Å². The lowest BCUT2D eigenvalue weighted by molar-refractivity contribution is -0.142. The number of nitrogens with one attached hydrogen (secondary N) is 1. The average Bonchev–Trinajstić information content (AvgIpc) is 2.56. The molecular formula is C13H14FNO2. The first kappa shape index (κ1) is 11.6. The first-order valence-electron chi connectivity index (χ1n) is 5.54. The van der Waals surface area contributed by atoms with E-state index in [2.05, 4.69) is 4.98 Å². The maximum absolute atomic E-state index is 13.2. The number of halogens is 1. The molecule has 0 amide bonds. The van der Waals surface area contributed by atoms with E-state index in [-0.39, 0.29) is 18.2 Å². The van der Waals surface area contributed by atoms with Crippen molar-refractivity contribution in [2.45, 2.75) is 20.3 Å². The summed E-state index contributed by atoms with van der Waals surface area (Å²) in [5, 5.41) is 0.746. The van der Waals surface area contributed by atoms with Crippen LogP contribution in [0.25, 0.3) is 10.9 Å². The number of aromatic amines is 1. The van der Waals surface area contributed by atoms with Crippen molar-refractivity contribution < 1.29 is 13.9 Å². The van der Waals surface area contributed by atoms with Crippen molar-refractivity contribution in [2.75, 3.05) is 6.61 Å². The number of ether oxygens (including phenoxy) is 1. The molecule has 90 valence electrons. The minimum atomic E-state index is -0.304. The molecule has 0 unspecified atom stereocenters. The quantitative estimate of drug-likeness (QED) is 0.831. The number of fused-ring (bicyclic) bond motifs is 1. The Morgan fingerprint density at radius 2 is 2.24 bits per heavy atom. The van der Waals surface area contributed by atoms with Gasteiger partial charge in [0.1, 0.15) is 5.82 Å². The number of aryl methyl sites for hydroxylation is 1. The lowest BCUT2D eigenvalue weighted by Crippen LogP contribution is -2.07. The van der Waals surface area contributed by atoms with Gasteiger partial charge in [0.15, 0.2) is 0 Å². The molecule has 0 aliphatic heterocycles. The summed E-state index contributed by atoms with van der Waals surface area (Å²) in [6.45, 7) is 3.99. The summed E-state index contributed by atoms with van der Waals surface area (Å²) in [5.74, 6) is -0.595. The van der Waals surface area contributed by atoms with Crippen LogP contribution in [-0.4, -0.2) is 17.6 Å². The molecule has 0 spiro atoms. The first-order chi connectivity index (χ1) is 8.11. The fraction of sp³-hybridized carbons (Fsp3) is 0.308. The Morgan fingerprint density at radius 1 is 1.47 bits per heavy atom. The summed E-state index contributed by atoms with van der Waals surface area (Å²) < 4.78 is 18.1. The number of hydrogen-bond donors (Lipinski definition) is 1. The third kappa shape index (κ3) is 2.30. The molecule has 1 N–H and O–H groups in total. The third-order valence-electron chi connectivity index (χ3n) is 2.71. The lowest BCUT2D eigenvalue weighted by atomic mass is 10.1. The van der Waals surface area contributed by atoms with Gasteiger partial charge in [-0.25, -0.2) is 4.39 Å². The summed E-state index contributed by atoms with van der Waals surface area (Å²) in [6.07, 6.45) is 0.170. The molecule has 0 atom stereocenters. The molecule has 1 heterocycles. The van der Waals surface area contributed by atoms with E-state index in [0.717, 1.165) is 22.2 Å². The minimum absolute atomic E-state index is 0.170. The molecular weight excluding hydrogens is 221 g/mol. The Kier molecular flexibility index (Phi) is 3.13. The SMILES string of the molecule is CCOC(=O)Cc1c(C)[nH]c2ccc(F)cc12. The highest BCUT2D eigenvalue weighted by Crippen LogP contribution is 2.23. The Balaban J connectivity index is 2.41. The van der Waals surface area contributed by atoms with Gasteiger partial charge < -0.3 is 9.72 Å². The van der Waals surface area contributed by atoms with E-state index < -0.39 is 0 Å². The van der Waals surface area contributed by atoms with Gasteiger partial charge in [0.25, 0.3) is 0 Å². The molecule has 0 bridgehead atoms. The van der Waals surface area contributed by atoms with Gasteiger partial charge in [-0.3, -0.25) is 4.79 Å². The number of esters is 1. The molecule has 2 aromatic rings. The Hall–Kier alpha value is -1.84. The summed E-state index contributed by atoms with van der Waals surface area (Å²) in [6, 6.07) is 4.51. The molecule has 3 nitrogen and oxygen atoms in total. The predicted octanol–water partition coefficient (Wildman–Crippen LogP) is 2.72. The zero-order chi connectivity index (χ0) is 12.4. The standard InChI is InChI=1S/C13H14FNO2/c1-3-17-13(16)7-10-8(2)15-12-5-4-9(14)6-11(10)12/h4-6,15H,3,7H2,1-2H3. The van der Waals surface area contributed by atoms with Gasteiger partial charge in [-0.15, -0.1) is 0 Å². The highest BCUT2D eigenvalue weighted by molar-refractivity contribution is 5.88. The van der Waals surface area contributed by atoms with Crippen LogP contribution in [0, 0.1) is 12.7 Å². The number of carbonyl (C=O) groups excluding carboxylic acids is 1. The van der Waals surface area contributed by atoms with Gasteiger partial charge in [0, 0.05) is 16.6 Å². The number of hydrogen-bond acceptors (Lipinski definition) is 2. The zero-order valence-electron chi connectivity index (χ0n) is 9.84. The van der Waals surface area contributed by atoms with Crippen molar-refractivity contribution in [3.05, 3.63) is 35.3 Å². The molecule has 1 aromatic heterocycles. The number of H-pyrrole nitrogens is 1. The van der Waals surface area contributed by atoms with Gasteiger partial charge in [0.2, 0.25) is 0 Å². The first-order valence-corrected chi connectivity index (χ1v) is 5.54. The van der Waals surface area contributed by atoms with E-state index in [1.165, 1.54) is 12.1 Å². The molecule has 0 aliphatic rings. The number of carbonyl (C=O) groups is 1. The maximum atomic E-state index is 13.2. The van der Waals surface area contributed by atoms with E-state index >= 15 is 0 Å². The Labute approximate surface area is 98.6 Å². The molecule has 1 aromatic carbocycles. The van der Waals surface area contributed by atoms with E-state index in [1.807, 2.05) is 6.92 Å². The van der Waals surface area contributed by atoms with Gasteiger partial charge in [-0.1, -0.05) is 0 Å².